The van der Waals surface area contributed by atoms with Gasteiger partial charge in [0.05, 0.1) is 0 Å². The fourth-order valence-corrected chi connectivity index (χ4v) is 4.07. The first-order valence-corrected chi connectivity index (χ1v) is 10.8. The Morgan fingerprint density at radius 3 is 2.43 bits per heavy atom. The highest BCUT2D eigenvalue weighted by Crippen LogP contribution is 2.25. The van der Waals surface area contributed by atoms with Crippen molar-refractivity contribution in [3.8, 4) is 0 Å². The number of fused-ring (bicyclic) bond motifs is 3. The molecule has 2 aliphatic rings. The average Bonchev–Trinajstić information content (AvgIpc) is 3.52. The van der Waals surface area contributed by atoms with Gasteiger partial charge in [-0.05, 0) is 44.0 Å². The number of hydrogen-bond acceptors (Lipinski definition) is 5. The third-order valence-corrected chi connectivity index (χ3v) is 5.70. The Bertz CT molecular complexity index is 1020. The zero-order valence-electron chi connectivity index (χ0n) is 17.2. The largest absolute Gasteiger partial charge is 0.441 e. The van der Waals surface area contributed by atoms with E-state index < -0.39 is 0 Å². The number of aromatic nitrogens is 2. The van der Waals surface area contributed by atoms with E-state index in [1.54, 1.807) is 0 Å². The topological polar surface area (TPSA) is 108 Å². The summed E-state index contributed by atoms with van der Waals surface area (Å²) in [6, 6.07) is 5.94. The minimum Gasteiger partial charge on any atom is -0.441 e. The molecule has 1 aromatic carbocycles. The molecule has 160 valence electrons. The first-order valence-electron chi connectivity index (χ1n) is 10.8. The molecular formula is C22H29N5O3. The maximum atomic E-state index is 11.6. The summed E-state index contributed by atoms with van der Waals surface area (Å²) in [4.78, 5) is 34.1. The van der Waals surface area contributed by atoms with Gasteiger partial charge in [0.25, 0.3) is 0 Å². The van der Waals surface area contributed by atoms with Gasteiger partial charge in [-0.2, -0.15) is 0 Å². The number of nitrogens with zero attached hydrogens (tertiary/aromatic N) is 3. The van der Waals surface area contributed by atoms with Crippen LogP contribution >= 0.6 is 0 Å². The van der Waals surface area contributed by atoms with Crippen LogP contribution in [0.25, 0.3) is 22.0 Å². The van der Waals surface area contributed by atoms with Crippen molar-refractivity contribution in [2.75, 3.05) is 32.7 Å². The second kappa shape index (κ2) is 9.30. The highest BCUT2D eigenvalue weighted by molar-refractivity contribution is 6.02. The van der Waals surface area contributed by atoms with E-state index >= 15 is 0 Å². The molecule has 3 aromatic rings. The van der Waals surface area contributed by atoms with Gasteiger partial charge in [-0.1, -0.05) is 0 Å². The number of likely N-dealkylation sites (tertiary alicyclic amines) is 2. The van der Waals surface area contributed by atoms with Crippen LogP contribution in [0.3, 0.4) is 0 Å². The van der Waals surface area contributed by atoms with E-state index in [-0.39, 0.29) is 5.91 Å². The summed E-state index contributed by atoms with van der Waals surface area (Å²) < 4.78 is 5.78. The average molecular weight is 412 g/mol. The first-order chi connectivity index (χ1) is 14.7. The lowest BCUT2D eigenvalue weighted by Gasteiger charge is -2.13. The van der Waals surface area contributed by atoms with Gasteiger partial charge in [0.1, 0.15) is 5.52 Å². The number of carbonyl (C=O) groups is 2. The summed E-state index contributed by atoms with van der Waals surface area (Å²) in [5.41, 5.74) is 8.08. The normalized spacial score (nSPS) is 16.7. The van der Waals surface area contributed by atoms with Crippen molar-refractivity contribution in [1.29, 1.82) is 0 Å². The number of hydrogen-bond donors (Lipinski definition) is 2. The molecular weight excluding hydrogens is 382 g/mol. The number of benzene rings is 1. The van der Waals surface area contributed by atoms with E-state index in [0.717, 1.165) is 67.3 Å². The van der Waals surface area contributed by atoms with Crippen molar-refractivity contribution in [3.05, 3.63) is 30.3 Å². The van der Waals surface area contributed by atoms with Gasteiger partial charge in [0.2, 0.25) is 11.8 Å². The number of nitrogens with two attached hydrogens (primary N) is 1. The van der Waals surface area contributed by atoms with Crippen LogP contribution in [0.15, 0.2) is 28.8 Å². The lowest BCUT2D eigenvalue weighted by atomic mass is 10.2. The number of carbonyl (C=O) groups excluding carboxylic acids is 2. The molecule has 4 heterocycles. The lowest BCUT2D eigenvalue weighted by Crippen LogP contribution is -2.27. The predicted molar refractivity (Wildman–Crippen MR) is 115 cm³/mol. The van der Waals surface area contributed by atoms with Gasteiger partial charge in [-0.3, -0.25) is 9.59 Å². The van der Waals surface area contributed by atoms with Crippen LogP contribution < -0.4 is 5.73 Å². The number of amides is 2. The molecule has 0 bridgehead atoms. The number of nitrogens with one attached hydrogen (secondary N) is 1. The maximum Gasteiger partial charge on any atom is 0.222 e. The van der Waals surface area contributed by atoms with E-state index in [1.807, 2.05) is 34.2 Å². The first kappa shape index (κ1) is 20.4. The van der Waals surface area contributed by atoms with Crippen molar-refractivity contribution >= 4 is 33.8 Å². The molecule has 0 aliphatic carbocycles. The number of oxazole rings is 1. The lowest BCUT2D eigenvalue weighted by molar-refractivity contribution is -0.128. The molecule has 0 unspecified atom stereocenters. The van der Waals surface area contributed by atoms with Crippen molar-refractivity contribution in [1.82, 2.24) is 19.8 Å². The second-order valence-electron chi connectivity index (χ2n) is 7.82. The molecule has 8 nitrogen and oxygen atoms in total. The predicted octanol–water partition coefficient (Wildman–Crippen LogP) is 2.43. The molecule has 0 radical (unpaired) electrons. The number of aromatic amines is 1. The fourth-order valence-electron chi connectivity index (χ4n) is 4.07. The van der Waals surface area contributed by atoms with Gasteiger partial charge in [-0.15, -0.1) is 0 Å². The zero-order valence-corrected chi connectivity index (χ0v) is 17.2. The molecule has 0 spiro atoms. The zero-order chi connectivity index (χ0) is 20.9. The highest BCUT2D eigenvalue weighted by atomic mass is 16.3. The summed E-state index contributed by atoms with van der Waals surface area (Å²) in [6.07, 6.45) is 6.93. The van der Waals surface area contributed by atoms with E-state index in [9.17, 15) is 9.59 Å². The van der Waals surface area contributed by atoms with Crippen molar-refractivity contribution < 1.29 is 14.0 Å². The van der Waals surface area contributed by atoms with Crippen LogP contribution in [0.1, 0.15) is 38.0 Å². The van der Waals surface area contributed by atoms with E-state index in [1.165, 1.54) is 0 Å². The molecule has 5 rings (SSSR count). The summed E-state index contributed by atoms with van der Waals surface area (Å²) in [5.74, 6) is 1.25. The summed E-state index contributed by atoms with van der Waals surface area (Å²) in [6.45, 7) is 4.04. The Labute approximate surface area is 175 Å². The Hall–Kier alpha value is -2.87. The molecule has 2 aliphatic heterocycles. The van der Waals surface area contributed by atoms with Crippen LogP contribution in [-0.2, 0) is 16.0 Å². The summed E-state index contributed by atoms with van der Waals surface area (Å²) >= 11 is 0. The maximum absolute atomic E-state index is 11.6. The number of H-pyrrole nitrogens is 1. The third kappa shape index (κ3) is 4.48. The van der Waals surface area contributed by atoms with Gasteiger partial charge >= 0.3 is 0 Å². The molecule has 3 N–H and O–H groups in total. The van der Waals surface area contributed by atoms with Crippen LogP contribution in [0.5, 0.6) is 0 Å². The van der Waals surface area contributed by atoms with Crippen molar-refractivity contribution in [2.45, 2.75) is 38.5 Å². The molecule has 2 amide bonds. The smallest absolute Gasteiger partial charge is 0.222 e. The Balaban J connectivity index is 0.000000185. The van der Waals surface area contributed by atoms with E-state index in [0.29, 0.717) is 37.7 Å². The SMILES string of the molecule is NCCCN1CCCC1=O.O=C1CCCN1CCc1nc2c(ccc3[nH]ccc32)o1. The quantitative estimate of drug-likeness (QED) is 0.648. The Kier molecular flexibility index (Phi) is 6.32. The van der Waals surface area contributed by atoms with E-state index in [2.05, 4.69) is 9.97 Å². The van der Waals surface area contributed by atoms with Crippen LogP contribution in [0.4, 0.5) is 0 Å². The number of rotatable bonds is 6. The van der Waals surface area contributed by atoms with Gasteiger partial charge < -0.3 is 24.9 Å². The van der Waals surface area contributed by atoms with Crippen LogP contribution in [0.2, 0.25) is 0 Å². The van der Waals surface area contributed by atoms with Gasteiger partial charge in [0.15, 0.2) is 11.5 Å². The molecule has 0 atom stereocenters. The van der Waals surface area contributed by atoms with E-state index in [4.69, 9.17) is 10.2 Å². The second-order valence-corrected chi connectivity index (χ2v) is 7.82. The third-order valence-electron chi connectivity index (χ3n) is 5.70. The Morgan fingerprint density at radius 2 is 1.77 bits per heavy atom. The molecule has 30 heavy (non-hydrogen) atoms. The molecule has 0 saturated carbocycles. The minimum absolute atomic E-state index is 0.245. The molecule has 2 aromatic heterocycles. The van der Waals surface area contributed by atoms with Crippen molar-refractivity contribution in [2.24, 2.45) is 5.73 Å². The molecule has 8 heteroatoms. The van der Waals surface area contributed by atoms with Crippen LogP contribution in [0, 0.1) is 0 Å². The fraction of sp³-hybridized carbons (Fsp3) is 0.500. The summed E-state index contributed by atoms with van der Waals surface area (Å²) in [5, 5.41) is 1.08. The highest BCUT2D eigenvalue weighted by Gasteiger charge is 2.20. The Morgan fingerprint density at radius 1 is 1.03 bits per heavy atom. The van der Waals surface area contributed by atoms with Gasteiger partial charge in [0, 0.05) is 62.5 Å². The summed E-state index contributed by atoms with van der Waals surface area (Å²) in [7, 11) is 0. The molecule has 2 fully saturated rings. The van der Waals surface area contributed by atoms with Crippen LogP contribution in [-0.4, -0.2) is 64.3 Å². The monoisotopic (exact) mass is 411 g/mol. The minimum atomic E-state index is 0.245. The van der Waals surface area contributed by atoms with Crippen molar-refractivity contribution in [3.63, 3.8) is 0 Å². The standard InChI is InChI=1S/C15H15N3O2.C7H14N2O/c19-14-2-1-8-18(14)9-6-13-17-15-10-5-7-16-11(10)3-4-12(15)20-13;8-4-2-6-9-5-1-3-7(9)10/h3-5,7,16H,1-2,6,8-9H2;1-6,8H2. The molecule has 2 saturated heterocycles. The van der Waals surface area contributed by atoms with Gasteiger partial charge in [-0.25, -0.2) is 4.98 Å².